The fourth-order valence-corrected chi connectivity index (χ4v) is 0.954. The first-order valence-corrected chi connectivity index (χ1v) is 4.19. The van der Waals surface area contributed by atoms with Gasteiger partial charge in [-0.05, 0) is 6.92 Å². The number of nitrogens with one attached hydrogen (secondary N) is 2. The van der Waals surface area contributed by atoms with E-state index in [0.717, 1.165) is 0 Å². The zero-order chi connectivity index (χ0) is 10.6. The molecule has 1 aromatic rings. The average Bonchev–Trinajstić information content (AvgIpc) is 2.16. The summed E-state index contributed by atoms with van der Waals surface area (Å²) in [4.78, 5) is 18.9. The van der Waals surface area contributed by atoms with Gasteiger partial charge in [0.05, 0.1) is 12.4 Å². The first-order valence-electron chi connectivity index (χ1n) is 4.19. The van der Waals surface area contributed by atoms with E-state index in [4.69, 9.17) is 5.73 Å². The minimum absolute atomic E-state index is 0.116. The van der Waals surface area contributed by atoms with Crippen LogP contribution in [0.5, 0.6) is 0 Å². The summed E-state index contributed by atoms with van der Waals surface area (Å²) in [6.07, 6.45) is 2.95. The summed E-state index contributed by atoms with van der Waals surface area (Å²) < 4.78 is 0. The average molecular weight is 195 g/mol. The number of amides is 1. The second-order valence-electron chi connectivity index (χ2n) is 2.81. The molecule has 4 N–H and O–H groups in total. The van der Waals surface area contributed by atoms with Crippen molar-refractivity contribution in [3.8, 4) is 0 Å². The van der Waals surface area contributed by atoms with Crippen LogP contribution in [0.25, 0.3) is 0 Å². The third-order valence-electron chi connectivity index (χ3n) is 1.66. The molecule has 0 aliphatic heterocycles. The van der Waals surface area contributed by atoms with Crippen molar-refractivity contribution in [3.63, 3.8) is 0 Å². The summed E-state index contributed by atoms with van der Waals surface area (Å²) in [5, 5.41) is 5.39. The zero-order valence-corrected chi connectivity index (χ0v) is 8.11. The molecule has 0 radical (unpaired) electrons. The summed E-state index contributed by atoms with van der Waals surface area (Å²) in [5.74, 6) is 0.689. The van der Waals surface area contributed by atoms with Crippen molar-refractivity contribution in [2.45, 2.75) is 13.0 Å². The summed E-state index contributed by atoms with van der Waals surface area (Å²) >= 11 is 0. The van der Waals surface area contributed by atoms with Crippen LogP contribution in [0, 0.1) is 0 Å². The highest BCUT2D eigenvalue weighted by Gasteiger charge is 2.10. The number of hydrogen-bond donors (Lipinski definition) is 3. The second kappa shape index (κ2) is 4.40. The van der Waals surface area contributed by atoms with E-state index in [1.165, 1.54) is 12.4 Å². The zero-order valence-electron chi connectivity index (χ0n) is 8.11. The lowest BCUT2D eigenvalue weighted by Gasteiger charge is -2.12. The van der Waals surface area contributed by atoms with Crippen molar-refractivity contribution < 1.29 is 4.79 Å². The number of carbonyl (C=O) groups is 1. The number of nitrogens with zero attached hydrogens (tertiary/aromatic N) is 2. The Bertz CT molecular complexity index is 327. The maximum Gasteiger partial charge on any atom is 0.241 e. The molecule has 6 heteroatoms. The van der Waals surface area contributed by atoms with Crippen LogP contribution in [-0.4, -0.2) is 29.0 Å². The Morgan fingerprint density at radius 2 is 2.29 bits per heavy atom. The van der Waals surface area contributed by atoms with Crippen LogP contribution in [0.3, 0.4) is 0 Å². The van der Waals surface area contributed by atoms with Crippen LogP contribution in [0.1, 0.15) is 6.92 Å². The lowest BCUT2D eigenvalue weighted by Crippen LogP contribution is -2.35. The molecular formula is C8H13N5O. The second-order valence-corrected chi connectivity index (χ2v) is 2.81. The molecule has 0 spiro atoms. The summed E-state index contributed by atoms with van der Waals surface area (Å²) in [7, 11) is 1.57. The van der Waals surface area contributed by atoms with Gasteiger partial charge in [0.15, 0.2) is 0 Å². The molecule has 1 rings (SSSR count). The van der Waals surface area contributed by atoms with E-state index in [2.05, 4.69) is 20.6 Å². The number of hydrogen-bond acceptors (Lipinski definition) is 5. The maximum atomic E-state index is 11.1. The third-order valence-corrected chi connectivity index (χ3v) is 1.66. The topological polar surface area (TPSA) is 92.9 Å². The van der Waals surface area contributed by atoms with E-state index < -0.39 is 0 Å². The van der Waals surface area contributed by atoms with E-state index in [1.54, 1.807) is 14.0 Å². The quantitative estimate of drug-likeness (QED) is 0.610. The highest BCUT2D eigenvalue weighted by atomic mass is 16.2. The van der Waals surface area contributed by atoms with Crippen molar-refractivity contribution in [2.24, 2.45) is 0 Å². The van der Waals surface area contributed by atoms with Crippen molar-refractivity contribution in [1.82, 2.24) is 15.3 Å². The molecule has 0 aliphatic carbocycles. The molecule has 6 nitrogen and oxygen atoms in total. The number of nitrogen functional groups attached to an aromatic ring is 1. The number of aromatic nitrogens is 2. The van der Waals surface area contributed by atoms with Crippen LogP contribution in [0.2, 0.25) is 0 Å². The third kappa shape index (κ3) is 2.58. The van der Waals surface area contributed by atoms with Gasteiger partial charge < -0.3 is 16.4 Å². The molecule has 1 unspecified atom stereocenters. The first kappa shape index (κ1) is 10.2. The van der Waals surface area contributed by atoms with Gasteiger partial charge in [0.1, 0.15) is 17.7 Å². The molecule has 0 saturated heterocycles. The van der Waals surface area contributed by atoms with Crippen LogP contribution in [-0.2, 0) is 4.79 Å². The van der Waals surface area contributed by atoms with Crippen LogP contribution < -0.4 is 16.4 Å². The van der Waals surface area contributed by atoms with Gasteiger partial charge in [0.2, 0.25) is 5.91 Å². The lowest BCUT2D eigenvalue weighted by molar-refractivity contribution is -0.121. The smallest absolute Gasteiger partial charge is 0.241 e. The number of carbonyl (C=O) groups excluding carboxylic acids is 1. The van der Waals surface area contributed by atoms with Gasteiger partial charge in [-0.15, -0.1) is 0 Å². The molecular weight excluding hydrogens is 182 g/mol. The Kier molecular flexibility index (Phi) is 3.22. The molecule has 14 heavy (non-hydrogen) atoms. The fraction of sp³-hybridized carbons (Fsp3) is 0.375. The Morgan fingerprint density at radius 1 is 1.57 bits per heavy atom. The highest BCUT2D eigenvalue weighted by Crippen LogP contribution is 2.04. The van der Waals surface area contributed by atoms with E-state index >= 15 is 0 Å². The van der Waals surface area contributed by atoms with E-state index in [1.807, 2.05) is 0 Å². The number of anilines is 2. The van der Waals surface area contributed by atoms with Crippen molar-refractivity contribution >= 4 is 17.5 Å². The molecule has 0 bridgehead atoms. The minimum Gasteiger partial charge on any atom is -0.382 e. The molecule has 0 fully saturated rings. The van der Waals surface area contributed by atoms with Crippen molar-refractivity contribution in [1.29, 1.82) is 0 Å². The summed E-state index contributed by atoms with van der Waals surface area (Å²) in [5.41, 5.74) is 5.43. The first-order chi connectivity index (χ1) is 6.63. The molecule has 1 heterocycles. The minimum atomic E-state index is -0.365. The van der Waals surface area contributed by atoms with E-state index in [9.17, 15) is 4.79 Å². The van der Waals surface area contributed by atoms with E-state index in [-0.39, 0.29) is 11.9 Å². The van der Waals surface area contributed by atoms with Gasteiger partial charge in [0, 0.05) is 7.05 Å². The number of likely N-dealkylation sites (N-methyl/N-ethyl adjacent to an activating group) is 1. The Labute approximate surface area is 81.9 Å². The SMILES string of the molecule is CNC(=O)C(C)Nc1cncc(N)n1. The predicted octanol–water partition coefficient (Wildman–Crippen LogP) is -0.395. The normalized spacial score (nSPS) is 11.9. The number of rotatable bonds is 3. The van der Waals surface area contributed by atoms with Gasteiger partial charge in [-0.25, -0.2) is 4.98 Å². The van der Waals surface area contributed by atoms with Gasteiger partial charge >= 0.3 is 0 Å². The molecule has 0 aromatic carbocycles. The molecule has 1 amide bonds. The lowest BCUT2D eigenvalue weighted by atomic mass is 10.3. The van der Waals surface area contributed by atoms with Gasteiger partial charge in [-0.2, -0.15) is 0 Å². The monoisotopic (exact) mass is 195 g/mol. The van der Waals surface area contributed by atoms with Crippen molar-refractivity contribution in [3.05, 3.63) is 12.4 Å². The fourth-order valence-electron chi connectivity index (χ4n) is 0.954. The van der Waals surface area contributed by atoms with Crippen molar-refractivity contribution in [2.75, 3.05) is 18.1 Å². The highest BCUT2D eigenvalue weighted by molar-refractivity contribution is 5.83. The van der Waals surface area contributed by atoms with Gasteiger partial charge in [-0.3, -0.25) is 9.78 Å². The van der Waals surface area contributed by atoms with Gasteiger partial charge in [0.25, 0.3) is 0 Å². The largest absolute Gasteiger partial charge is 0.382 e. The molecule has 0 saturated carbocycles. The Balaban J connectivity index is 2.64. The molecule has 0 aliphatic rings. The standard InChI is InChI=1S/C8H13N5O/c1-5(8(14)10-2)12-7-4-11-3-6(9)13-7/h3-5H,1-2H3,(H,10,14)(H3,9,12,13). The Morgan fingerprint density at radius 3 is 2.86 bits per heavy atom. The maximum absolute atomic E-state index is 11.1. The van der Waals surface area contributed by atoms with Crippen LogP contribution in [0.4, 0.5) is 11.6 Å². The predicted molar refractivity (Wildman–Crippen MR) is 53.6 cm³/mol. The van der Waals surface area contributed by atoms with Gasteiger partial charge in [-0.1, -0.05) is 0 Å². The number of nitrogens with two attached hydrogens (primary N) is 1. The van der Waals surface area contributed by atoms with E-state index in [0.29, 0.717) is 11.6 Å². The molecule has 1 atom stereocenters. The molecule has 76 valence electrons. The summed E-state index contributed by atoms with van der Waals surface area (Å²) in [6.45, 7) is 1.73. The van der Waals surface area contributed by atoms with Crippen LogP contribution >= 0.6 is 0 Å². The van der Waals surface area contributed by atoms with Crippen LogP contribution in [0.15, 0.2) is 12.4 Å². The Hall–Kier alpha value is -1.85. The molecule has 1 aromatic heterocycles. The summed E-state index contributed by atoms with van der Waals surface area (Å²) in [6, 6.07) is -0.365.